The first-order chi connectivity index (χ1) is 11.1. The Balaban J connectivity index is 2.02. The zero-order valence-electron chi connectivity index (χ0n) is 13.6. The predicted octanol–water partition coefficient (Wildman–Crippen LogP) is 3.75. The molecule has 0 bridgehead atoms. The van der Waals surface area contributed by atoms with Gasteiger partial charge in [0.2, 0.25) is 5.91 Å². The molecule has 122 valence electrons. The summed E-state index contributed by atoms with van der Waals surface area (Å²) in [6.45, 7) is 5.42. The van der Waals surface area contributed by atoms with Crippen LogP contribution in [-0.2, 0) is 17.8 Å². The lowest BCUT2D eigenvalue weighted by Gasteiger charge is -2.15. The van der Waals surface area contributed by atoms with E-state index in [1.165, 1.54) is 6.07 Å². The van der Waals surface area contributed by atoms with Gasteiger partial charge in [0.1, 0.15) is 5.82 Å². The summed E-state index contributed by atoms with van der Waals surface area (Å²) in [5.41, 5.74) is 2.41. The summed E-state index contributed by atoms with van der Waals surface area (Å²) in [5.74, 6) is -0.670. The molecule has 3 nitrogen and oxygen atoms in total. The molecule has 2 rings (SSSR count). The first kappa shape index (κ1) is 17.2. The number of benzene rings is 2. The van der Waals surface area contributed by atoms with E-state index in [9.17, 15) is 9.18 Å². The highest BCUT2D eigenvalue weighted by atomic mass is 19.1. The second kappa shape index (κ2) is 8.44. The highest BCUT2D eigenvalue weighted by Crippen LogP contribution is 2.18. The van der Waals surface area contributed by atoms with Crippen molar-refractivity contribution in [2.45, 2.75) is 26.8 Å². The SMILES string of the molecule is CCNCc1ccccc1NC(=O)C(C)Cc1ccccc1F. The maximum atomic E-state index is 13.7. The van der Waals surface area contributed by atoms with E-state index in [4.69, 9.17) is 0 Å². The van der Waals surface area contributed by atoms with Crippen molar-refractivity contribution in [3.8, 4) is 0 Å². The van der Waals surface area contributed by atoms with Crippen molar-refractivity contribution in [2.75, 3.05) is 11.9 Å². The monoisotopic (exact) mass is 314 g/mol. The van der Waals surface area contributed by atoms with Crippen molar-refractivity contribution in [2.24, 2.45) is 5.92 Å². The van der Waals surface area contributed by atoms with E-state index in [1.807, 2.05) is 38.1 Å². The van der Waals surface area contributed by atoms with Crippen molar-refractivity contribution in [3.05, 3.63) is 65.5 Å². The molecule has 1 unspecified atom stereocenters. The molecule has 0 aromatic heterocycles. The average Bonchev–Trinajstić information content (AvgIpc) is 2.56. The van der Waals surface area contributed by atoms with E-state index in [-0.39, 0.29) is 17.6 Å². The van der Waals surface area contributed by atoms with Gasteiger partial charge in [-0.3, -0.25) is 4.79 Å². The number of nitrogens with one attached hydrogen (secondary N) is 2. The summed E-state index contributed by atoms with van der Waals surface area (Å²) < 4.78 is 13.7. The van der Waals surface area contributed by atoms with Gasteiger partial charge >= 0.3 is 0 Å². The second-order valence-electron chi connectivity index (χ2n) is 5.62. The summed E-state index contributed by atoms with van der Waals surface area (Å²) in [7, 11) is 0. The van der Waals surface area contributed by atoms with Gasteiger partial charge in [-0.2, -0.15) is 0 Å². The molecule has 0 aliphatic rings. The summed E-state index contributed by atoms with van der Waals surface area (Å²) in [6, 6.07) is 14.3. The Bertz CT molecular complexity index is 657. The lowest BCUT2D eigenvalue weighted by atomic mass is 9.99. The first-order valence-corrected chi connectivity index (χ1v) is 7.94. The Morgan fingerprint density at radius 1 is 1.09 bits per heavy atom. The minimum atomic E-state index is -0.306. The molecule has 0 aliphatic heterocycles. The van der Waals surface area contributed by atoms with Crippen LogP contribution in [0.15, 0.2) is 48.5 Å². The highest BCUT2D eigenvalue weighted by molar-refractivity contribution is 5.93. The van der Waals surface area contributed by atoms with Crippen molar-refractivity contribution >= 4 is 11.6 Å². The molecule has 0 heterocycles. The first-order valence-electron chi connectivity index (χ1n) is 7.94. The van der Waals surface area contributed by atoms with Gasteiger partial charge in [-0.15, -0.1) is 0 Å². The minimum Gasteiger partial charge on any atom is -0.326 e. The Labute approximate surface area is 136 Å². The molecule has 2 N–H and O–H groups in total. The van der Waals surface area contributed by atoms with Crippen molar-refractivity contribution in [1.82, 2.24) is 5.32 Å². The van der Waals surface area contributed by atoms with Crippen LogP contribution in [0, 0.1) is 11.7 Å². The lowest BCUT2D eigenvalue weighted by molar-refractivity contribution is -0.119. The summed E-state index contributed by atoms with van der Waals surface area (Å²) in [6.07, 6.45) is 0.383. The molecule has 0 fully saturated rings. The molecular weight excluding hydrogens is 291 g/mol. The van der Waals surface area contributed by atoms with Gasteiger partial charge in [0.15, 0.2) is 0 Å². The third-order valence-corrected chi connectivity index (χ3v) is 3.77. The molecule has 4 heteroatoms. The number of rotatable bonds is 7. The van der Waals surface area contributed by atoms with Crippen molar-refractivity contribution < 1.29 is 9.18 Å². The fourth-order valence-corrected chi connectivity index (χ4v) is 2.40. The molecule has 0 spiro atoms. The van der Waals surface area contributed by atoms with E-state index in [0.29, 0.717) is 18.5 Å². The number of para-hydroxylation sites is 1. The normalized spacial score (nSPS) is 12.0. The largest absolute Gasteiger partial charge is 0.326 e. The number of amides is 1. The number of hydrogen-bond donors (Lipinski definition) is 2. The quantitative estimate of drug-likeness (QED) is 0.817. The third kappa shape index (κ3) is 4.89. The molecule has 0 saturated carbocycles. The van der Waals surface area contributed by atoms with Crippen LogP contribution >= 0.6 is 0 Å². The van der Waals surface area contributed by atoms with Crippen LogP contribution in [0.3, 0.4) is 0 Å². The van der Waals surface area contributed by atoms with Gasteiger partial charge in [-0.25, -0.2) is 4.39 Å². The van der Waals surface area contributed by atoms with Gasteiger partial charge < -0.3 is 10.6 Å². The molecule has 2 aromatic carbocycles. The standard InChI is InChI=1S/C19H23FN2O/c1-3-21-13-16-9-5-7-11-18(16)22-19(23)14(2)12-15-8-4-6-10-17(15)20/h4-11,14,21H,3,12-13H2,1-2H3,(H,22,23). The van der Waals surface area contributed by atoms with Crippen LogP contribution < -0.4 is 10.6 Å². The van der Waals surface area contributed by atoms with E-state index in [0.717, 1.165) is 17.8 Å². The Morgan fingerprint density at radius 2 is 1.74 bits per heavy atom. The average molecular weight is 314 g/mol. The fraction of sp³-hybridized carbons (Fsp3) is 0.316. The maximum Gasteiger partial charge on any atom is 0.227 e. The number of hydrogen-bond acceptors (Lipinski definition) is 2. The van der Waals surface area contributed by atoms with E-state index >= 15 is 0 Å². The van der Waals surface area contributed by atoms with Gasteiger partial charge in [0.05, 0.1) is 0 Å². The van der Waals surface area contributed by atoms with Gasteiger partial charge in [-0.1, -0.05) is 50.2 Å². The second-order valence-corrected chi connectivity index (χ2v) is 5.62. The predicted molar refractivity (Wildman–Crippen MR) is 91.7 cm³/mol. The molecule has 0 aliphatic carbocycles. The van der Waals surface area contributed by atoms with Crippen molar-refractivity contribution in [1.29, 1.82) is 0 Å². The zero-order chi connectivity index (χ0) is 16.7. The van der Waals surface area contributed by atoms with Crippen LogP contribution in [0.2, 0.25) is 0 Å². The van der Waals surface area contributed by atoms with Crippen LogP contribution in [0.5, 0.6) is 0 Å². The van der Waals surface area contributed by atoms with Crippen LogP contribution in [0.1, 0.15) is 25.0 Å². The third-order valence-electron chi connectivity index (χ3n) is 3.77. The van der Waals surface area contributed by atoms with Gasteiger partial charge in [0, 0.05) is 18.2 Å². The number of carbonyl (C=O) groups excluding carboxylic acids is 1. The Kier molecular flexibility index (Phi) is 6.29. The Hall–Kier alpha value is -2.20. The summed E-state index contributed by atoms with van der Waals surface area (Å²) in [4.78, 5) is 12.4. The molecule has 23 heavy (non-hydrogen) atoms. The molecule has 2 aromatic rings. The molecular formula is C19H23FN2O. The number of carbonyl (C=O) groups is 1. The summed E-state index contributed by atoms with van der Waals surface area (Å²) >= 11 is 0. The minimum absolute atomic E-state index is 0.0998. The fourth-order valence-electron chi connectivity index (χ4n) is 2.40. The van der Waals surface area contributed by atoms with Crippen molar-refractivity contribution in [3.63, 3.8) is 0 Å². The van der Waals surface area contributed by atoms with Gasteiger partial charge in [0.25, 0.3) is 0 Å². The van der Waals surface area contributed by atoms with E-state index < -0.39 is 0 Å². The Morgan fingerprint density at radius 3 is 2.43 bits per heavy atom. The smallest absolute Gasteiger partial charge is 0.227 e. The molecule has 0 radical (unpaired) electrons. The van der Waals surface area contributed by atoms with E-state index in [1.54, 1.807) is 18.2 Å². The molecule has 0 saturated heterocycles. The highest BCUT2D eigenvalue weighted by Gasteiger charge is 2.16. The maximum absolute atomic E-state index is 13.7. The van der Waals surface area contributed by atoms with Crippen LogP contribution in [0.25, 0.3) is 0 Å². The molecule has 1 atom stereocenters. The van der Waals surface area contributed by atoms with E-state index in [2.05, 4.69) is 10.6 Å². The zero-order valence-corrected chi connectivity index (χ0v) is 13.6. The lowest BCUT2D eigenvalue weighted by Crippen LogP contribution is -2.24. The molecule has 1 amide bonds. The van der Waals surface area contributed by atoms with Gasteiger partial charge in [-0.05, 0) is 36.2 Å². The van der Waals surface area contributed by atoms with Crippen LogP contribution in [0.4, 0.5) is 10.1 Å². The number of halogens is 1. The topological polar surface area (TPSA) is 41.1 Å². The van der Waals surface area contributed by atoms with Crippen LogP contribution in [-0.4, -0.2) is 12.5 Å². The summed E-state index contributed by atoms with van der Waals surface area (Å²) in [5, 5.41) is 6.21. The number of anilines is 1.